The van der Waals surface area contributed by atoms with Crippen LogP contribution in [0, 0.1) is 0 Å². The molecule has 2 aliphatic rings. The lowest BCUT2D eigenvalue weighted by molar-refractivity contribution is 0.0751. The van der Waals surface area contributed by atoms with Crippen molar-refractivity contribution in [2.45, 2.75) is 12.8 Å². The number of carbonyl (C=O) groups is 1. The quantitative estimate of drug-likeness (QED) is 0.823. The van der Waals surface area contributed by atoms with E-state index in [1.165, 1.54) is 24.2 Å². The van der Waals surface area contributed by atoms with Crippen LogP contribution in [0.3, 0.4) is 0 Å². The maximum Gasteiger partial charge on any atom is 0.264 e. The van der Waals surface area contributed by atoms with Gasteiger partial charge in [-0.2, -0.15) is 0 Å². The highest BCUT2D eigenvalue weighted by atomic mass is 35.5. The Bertz CT molecular complexity index is 736. The molecular weight excluding hydrogens is 358 g/mol. The Hall–Kier alpha value is -1.86. The molecule has 132 valence electrons. The summed E-state index contributed by atoms with van der Waals surface area (Å²) in [6.45, 7) is 5.04. The molecule has 0 aromatic carbocycles. The van der Waals surface area contributed by atoms with Crippen molar-refractivity contribution >= 4 is 40.5 Å². The molecule has 2 aliphatic heterocycles. The number of amides is 1. The Kier molecular flexibility index (Phi) is 4.76. The molecule has 0 atom stereocenters. The summed E-state index contributed by atoms with van der Waals surface area (Å²) in [5, 5.41) is 8.77. The predicted octanol–water partition coefficient (Wildman–Crippen LogP) is 2.75. The SMILES string of the molecule is O=C(c1ccc(Cl)s1)N1CCN(c2ccc(N3CCCC3)nn2)CC1. The fourth-order valence-corrected chi connectivity index (χ4v) is 4.34. The van der Waals surface area contributed by atoms with E-state index >= 15 is 0 Å². The summed E-state index contributed by atoms with van der Waals surface area (Å²) in [6, 6.07) is 7.66. The van der Waals surface area contributed by atoms with Crippen LogP contribution >= 0.6 is 22.9 Å². The molecule has 8 heteroatoms. The second-order valence-electron chi connectivity index (χ2n) is 6.33. The molecule has 2 fully saturated rings. The van der Waals surface area contributed by atoms with Crippen molar-refractivity contribution in [3.8, 4) is 0 Å². The zero-order valence-electron chi connectivity index (χ0n) is 13.9. The molecule has 0 saturated carbocycles. The molecule has 0 unspecified atom stereocenters. The number of aromatic nitrogens is 2. The minimum atomic E-state index is 0.0621. The second-order valence-corrected chi connectivity index (χ2v) is 8.04. The average molecular weight is 378 g/mol. The van der Waals surface area contributed by atoms with Crippen molar-refractivity contribution in [2.75, 3.05) is 49.1 Å². The van der Waals surface area contributed by atoms with Crippen molar-refractivity contribution in [3.05, 3.63) is 33.5 Å². The number of piperazine rings is 1. The lowest BCUT2D eigenvalue weighted by Crippen LogP contribution is -2.49. The fraction of sp³-hybridized carbons (Fsp3) is 0.471. The Morgan fingerprint density at radius 1 is 0.880 bits per heavy atom. The Morgan fingerprint density at radius 3 is 2.00 bits per heavy atom. The first-order chi connectivity index (χ1) is 12.2. The van der Waals surface area contributed by atoms with E-state index in [4.69, 9.17) is 11.6 Å². The molecule has 0 N–H and O–H groups in total. The fourth-order valence-electron chi connectivity index (χ4n) is 3.33. The summed E-state index contributed by atoms with van der Waals surface area (Å²) < 4.78 is 0.648. The number of hydrogen-bond acceptors (Lipinski definition) is 6. The standard InChI is InChI=1S/C17H20ClN5OS/c18-14-4-3-13(25-14)17(24)23-11-9-22(10-12-23)16-6-5-15(19-20-16)21-7-1-2-8-21/h3-6H,1-2,7-12H2. The van der Waals surface area contributed by atoms with Gasteiger partial charge < -0.3 is 14.7 Å². The van der Waals surface area contributed by atoms with E-state index in [0.29, 0.717) is 22.3 Å². The third kappa shape index (κ3) is 3.57. The van der Waals surface area contributed by atoms with E-state index in [2.05, 4.69) is 26.1 Å². The normalized spacial score (nSPS) is 18.0. The van der Waals surface area contributed by atoms with Gasteiger partial charge in [0.15, 0.2) is 11.6 Å². The van der Waals surface area contributed by atoms with Crippen LogP contribution in [0.25, 0.3) is 0 Å². The van der Waals surface area contributed by atoms with E-state index in [-0.39, 0.29) is 5.91 Å². The van der Waals surface area contributed by atoms with Crippen LogP contribution in [-0.2, 0) is 0 Å². The summed E-state index contributed by atoms with van der Waals surface area (Å²) in [7, 11) is 0. The molecular formula is C17H20ClN5OS. The number of hydrogen-bond donors (Lipinski definition) is 0. The molecule has 1 amide bonds. The van der Waals surface area contributed by atoms with Crippen LogP contribution in [0.2, 0.25) is 4.34 Å². The molecule has 2 aromatic heterocycles. The van der Waals surface area contributed by atoms with Crippen molar-refractivity contribution in [1.82, 2.24) is 15.1 Å². The first-order valence-corrected chi connectivity index (χ1v) is 9.78. The van der Waals surface area contributed by atoms with E-state index < -0.39 is 0 Å². The predicted molar refractivity (Wildman–Crippen MR) is 101 cm³/mol. The summed E-state index contributed by atoms with van der Waals surface area (Å²) in [5.41, 5.74) is 0. The van der Waals surface area contributed by atoms with Crippen LogP contribution < -0.4 is 9.80 Å². The van der Waals surface area contributed by atoms with Gasteiger partial charge in [0, 0.05) is 39.3 Å². The van der Waals surface area contributed by atoms with E-state index in [0.717, 1.165) is 37.8 Å². The molecule has 0 bridgehead atoms. The topological polar surface area (TPSA) is 52.6 Å². The van der Waals surface area contributed by atoms with Crippen LogP contribution in [-0.4, -0.2) is 60.3 Å². The first kappa shape index (κ1) is 16.6. The summed E-state index contributed by atoms with van der Waals surface area (Å²) in [4.78, 5) is 19.5. The highest BCUT2D eigenvalue weighted by molar-refractivity contribution is 7.17. The Labute approximate surface area is 156 Å². The average Bonchev–Trinajstić information content (AvgIpc) is 3.33. The highest BCUT2D eigenvalue weighted by Gasteiger charge is 2.24. The zero-order valence-corrected chi connectivity index (χ0v) is 15.5. The van der Waals surface area contributed by atoms with Crippen molar-refractivity contribution < 1.29 is 4.79 Å². The Balaban J connectivity index is 1.36. The number of thiophene rings is 1. The Morgan fingerprint density at radius 2 is 1.48 bits per heavy atom. The van der Waals surface area contributed by atoms with E-state index in [9.17, 15) is 4.79 Å². The van der Waals surface area contributed by atoms with Crippen molar-refractivity contribution in [3.63, 3.8) is 0 Å². The number of halogens is 1. The molecule has 0 radical (unpaired) electrons. The third-order valence-electron chi connectivity index (χ3n) is 4.74. The van der Waals surface area contributed by atoms with Gasteiger partial charge in [-0.05, 0) is 37.1 Å². The first-order valence-electron chi connectivity index (χ1n) is 8.59. The molecule has 0 aliphatic carbocycles. The lowest BCUT2D eigenvalue weighted by atomic mass is 10.3. The maximum absolute atomic E-state index is 12.5. The molecule has 25 heavy (non-hydrogen) atoms. The van der Waals surface area contributed by atoms with Crippen LogP contribution in [0.1, 0.15) is 22.5 Å². The molecule has 0 spiro atoms. The molecule has 4 heterocycles. The highest BCUT2D eigenvalue weighted by Crippen LogP contribution is 2.24. The number of anilines is 2. The minimum Gasteiger partial charge on any atom is -0.355 e. The number of rotatable bonds is 3. The van der Waals surface area contributed by atoms with Gasteiger partial charge in [-0.3, -0.25) is 4.79 Å². The molecule has 2 saturated heterocycles. The molecule has 6 nitrogen and oxygen atoms in total. The summed E-state index contributed by atoms with van der Waals surface area (Å²) in [6.07, 6.45) is 2.46. The van der Waals surface area contributed by atoms with Gasteiger partial charge in [0.1, 0.15) is 0 Å². The van der Waals surface area contributed by atoms with E-state index in [1.807, 2.05) is 11.0 Å². The minimum absolute atomic E-state index is 0.0621. The van der Waals surface area contributed by atoms with Crippen LogP contribution in [0.15, 0.2) is 24.3 Å². The van der Waals surface area contributed by atoms with Crippen LogP contribution in [0.5, 0.6) is 0 Å². The third-order valence-corrected chi connectivity index (χ3v) is 5.96. The van der Waals surface area contributed by atoms with Gasteiger partial charge in [0.2, 0.25) is 0 Å². The molecule has 2 aromatic rings. The largest absolute Gasteiger partial charge is 0.355 e. The smallest absolute Gasteiger partial charge is 0.264 e. The van der Waals surface area contributed by atoms with E-state index in [1.54, 1.807) is 12.1 Å². The van der Waals surface area contributed by atoms with Crippen molar-refractivity contribution in [2.24, 2.45) is 0 Å². The maximum atomic E-state index is 12.5. The molecule has 4 rings (SSSR count). The van der Waals surface area contributed by atoms with Gasteiger partial charge in [-0.1, -0.05) is 11.6 Å². The van der Waals surface area contributed by atoms with Gasteiger partial charge >= 0.3 is 0 Å². The monoisotopic (exact) mass is 377 g/mol. The van der Waals surface area contributed by atoms with Gasteiger partial charge in [-0.25, -0.2) is 0 Å². The summed E-state index contributed by atoms with van der Waals surface area (Å²) >= 11 is 7.26. The van der Waals surface area contributed by atoms with Gasteiger partial charge in [0.25, 0.3) is 5.91 Å². The van der Waals surface area contributed by atoms with Gasteiger partial charge in [0.05, 0.1) is 9.21 Å². The number of carbonyl (C=O) groups excluding carboxylic acids is 1. The zero-order chi connectivity index (χ0) is 17.2. The lowest BCUT2D eigenvalue weighted by Gasteiger charge is -2.35. The van der Waals surface area contributed by atoms with Crippen LogP contribution in [0.4, 0.5) is 11.6 Å². The summed E-state index contributed by atoms with van der Waals surface area (Å²) in [5.74, 6) is 1.91. The van der Waals surface area contributed by atoms with Crippen molar-refractivity contribution in [1.29, 1.82) is 0 Å². The second kappa shape index (κ2) is 7.17. The number of nitrogens with zero attached hydrogens (tertiary/aromatic N) is 5. The van der Waals surface area contributed by atoms with Gasteiger partial charge in [-0.15, -0.1) is 21.5 Å².